The van der Waals surface area contributed by atoms with Crippen LogP contribution in [0, 0.1) is 0 Å². The maximum Gasteiger partial charge on any atom is 0.294 e. The maximum atomic E-state index is 12.7. The summed E-state index contributed by atoms with van der Waals surface area (Å²) in [6.45, 7) is 5.44. The molecule has 3 rings (SSSR count). The number of methoxy groups -OCH3 is 1. The van der Waals surface area contributed by atoms with Crippen LogP contribution in [0.4, 0.5) is 4.79 Å². The maximum absolute atomic E-state index is 12.7. The average Bonchev–Trinajstić information content (AvgIpc) is 2.96. The molecule has 0 bridgehead atoms. The minimum atomic E-state index is -0.469. The van der Waals surface area contributed by atoms with Crippen molar-refractivity contribution in [3.05, 3.63) is 28.7 Å². The van der Waals surface area contributed by atoms with Gasteiger partial charge in [-0.3, -0.25) is 19.3 Å². The normalized spacial score (nSPS) is 18.7. The number of carbonyl (C=O) groups is 3. The molecule has 9 heteroatoms. The summed E-state index contributed by atoms with van der Waals surface area (Å²) in [7, 11) is 1.54. The molecule has 1 aromatic rings. The predicted octanol–water partition coefficient (Wildman–Crippen LogP) is 2.38. The van der Waals surface area contributed by atoms with Crippen molar-refractivity contribution in [1.82, 2.24) is 9.80 Å². The molecule has 8 nitrogen and oxygen atoms in total. The fraction of sp³-hybridized carbons (Fsp3) is 0.450. The summed E-state index contributed by atoms with van der Waals surface area (Å²) in [5.74, 6) is 0.412. The Kier molecular flexibility index (Phi) is 6.81. The van der Waals surface area contributed by atoms with Crippen LogP contribution in [0.25, 0.3) is 6.08 Å². The first-order valence-electron chi connectivity index (χ1n) is 9.34. The molecule has 2 aliphatic rings. The number of amides is 3. The third kappa shape index (κ3) is 5.10. The van der Waals surface area contributed by atoms with Gasteiger partial charge in [-0.05, 0) is 49.4 Å². The minimum Gasteiger partial charge on any atom is -0.493 e. The Morgan fingerprint density at radius 2 is 1.97 bits per heavy atom. The van der Waals surface area contributed by atoms with Gasteiger partial charge in [-0.25, -0.2) is 0 Å². The van der Waals surface area contributed by atoms with Crippen LogP contribution in [0.3, 0.4) is 0 Å². The number of carbonyl (C=O) groups excluding carboxylic acids is 3. The molecule has 156 valence electrons. The molecule has 0 aromatic heterocycles. The van der Waals surface area contributed by atoms with E-state index < -0.39 is 11.1 Å². The van der Waals surface area contributed by atoms with Gasteiger partial charge in [-0.2, -0.15) is 0 Å². The quantitative estimate of drug-likeness (QED) is 0.653. The summed E-state index contributed by atoms with van der Waals surface area (Å²) in [5, 5.41) is -0.449. The molecule has 29 heavy (non-hydrogen) atoms. The number of benzene rings is 1. The molecular formula is C20H24N2O6S. The zero-order valence-electron chi connectivity index (χ0n) is 16.7. The van der Waals surface area contributed by atoms with Crippen molar-refractivity contribution in [3.63, 3.8) is 0 Å². The predicted molar refractivity (Wildman–Crippen MR) is 109 cm³/mol. The summed E-state index contributed by atoms with van der Waals surface area (Å²) in [6, 6.07) is 5.29. The Labute approximate surface area is 173 Å². The molecule has 0 radical (unpaired) electrons. The minimum absolute atomic E-state index is 0.00440. The van der Waals surface area contributed by atoms with Gasteiger partial charge in [0.05, 0.1) is 31.3 Å². The Morgan fingerprint density at radius 1 is 1.24 bits per heavy atom. The highest BCUT2D eigenvalue weighted by Crippen LogP contribution is 2.34. The first-order valence-corrected chi connectivity index (χ1v) is 10.2. The molecule has 0 N–H and O–H groups in total. The van der Waals surface area contributed by atoms with E-state index in [4.69, 9.17) is 14.2 Å². The summed E-state index contributed by atoms with van der Waals surface area (Å²) in [6.07, 6.45) is 1.61. The summed E-state index contributed by atoms with van der Waals surface area (Å²) >= 11 is 0.825. The number of imide groups is 1. The molecule has 3 amide bonds. The van der Waals surface area contributed by atoms with E-state index in [1.807, 2.05) is 13.8 Å². The number of ether oxygens (including phenoxy) is 3. The van der Waals surface area contributed by atoms with E-state index in [0.717, 1.165) is 16.7 Å². The molecular weight excluding hydrogens is 396 g/mol. The van der Waals surface area contributed by atoms with Crippen molar-refractivity contribution in [2.75, 3.05) is 40.0 Å². The van der Waals surface area contributed by atoms with Gasteiger partial charge in [0, 0.05) is 13.1 Å². The van der Waals surface area contributed by atoms with Crippen LogP contribution in [0.5, 0.6) is 11.5 Å². The Balaban J connectivity index is 1.73. The number of thioether (sulfide) groups is 1. The van der Waals surface area contributed by atoms with E-state index in [-0.39, 0.29) is 23.5 Å². The van der Waals surface area contributed by atoms with Crippen LogP contribution in [0.1, 0.15) is 19.4 Å². The summed E-state index contributed by atoms with van der Waals surface area (Å²) in [5.41, 5.74) is 0.697. The molecule has 0 aliphatic carbocycles. The van der Waals surface area contributed by atoms with Crippen LogP contribution in [0.15, 0.2) is 23.1 Å². The number of hydrogen-bond acceptors (Lipinski definition) is 7. The van der Waals surface area contributed by atoms with E-state index in [9.17, 15) is 14.4 Å². The third-order valence-corrected chi connectivity index (χ3v) is 5.29. The van der Waals surface area contributed by atoms with Crippen molar-refractivity contribution < 1.29 is 28.6 Å². The van der Waals surface area contributed by atoms with Crippen LogP contribution in [0.2, 0.25) is 0 Å². The molecule has 2 saturated heterocycles. The second-order valence-corrected chi connectivity index (χ2v) is 7.83. The lowest BCUT2D eigenvalue weighted by Crippen LogP contribution is -2.46. The van der Waals surface area contributed by atoms with Gasteiger partial charge in [-0.15, -0.1) is 0 Å². The van der Waals surface area contributed by atoms with Crippen molar-refractivity contribution in [3.8, 4) is 11.5 Å². The third-order valence-electron chi connectivity index (χ3n) is 4.38. The molecule has 0 unspecified atom stereocenters. The van der Waals surface area contributed by atoms with E-state index in [1.165, 1.54) is 7.11 Å². The largest absolute Gasteiger partial charge is 0.493 e. The zero-order chi connectivity index (χ0) is 21.0. The lowest BCUT2D eigenvalue weighted by atomic mass is 10.2. The molecule has 1 aromatic carbocycles. The Bertz CT molecular complexity index is 832. The topological polar surface area (TPSA) is 85.4 Å². The fourth-order valence-corrected chi connectivity index (χ4v) is 3.80. The molecule has 2 heterocycles. The summed E-state index contributed by atoms with van der Waals surface area (Å²) in [4.78, 5) is 40.2. The number of morpholine rings is 1. The Hall–Kier alpha value is -2.52. The first kappa shape index (κ1) is 21.2. The highest BCUT2D eigenvalue weighted by Gasteiger charge is 2.37. The zero-order valence-corrected chi connectivity index (χ0v) is 17.5. The average molecular weight is 420 g/mol. The van der Waals surface area contributed by atoms with E-state index in [2.05, 4.69) is 0 Å². The van der Waals surface area contributed by atoms with Crippen molar-refractivity contribution in [2.24, 2.45) is 0 Å². The van der Waals surface area contributed by atoms with E-state index in [1.54, 1.807) is 29.2 Å². The molecule has 0 saturated carbocycles. The van der Waals surface area contributed by atoms with Gasteiger partial charge in [-0.1, -0.05) is 6.07 Å². The van der Waals surface area contributed by atoms with Crippen molar-refractivity contribution >= 4 is 34.9 Å². The van der Waals surface area contributed by atoms with Gasteiger partial charge in [0.2, 0.25) is 5.91 Å². The molecule has 0 atom stereocenters. The van der Waals surface area contributed by atoms with Gasteiger partial charge >= 0.3 is 0 Å². The number of rotatable bonds is 6. The number of nitrogens with zero attached hydrogens (tertiary/aromatic N) is 2. The molecule has 2 fully saturated rings. The van der Waals surface area contributed by atoms with Gasteiger partial charge in [0.1, 0.15) is 6.54 Å². The molecule has 0 spiro atoms. The first-order chi connectivity index (χ1) is 13.9. The number of hydrogen-bond donors (Lipinski definition) is 0. The van der Waals surface area contributed by atoms with E-state index >= 15 is 0 Å². The highest BCUT2D eigenvalue weighted by atomic mass is 32.2. The van der Waals surface area contributed by atoms with E-state index in [0.29, 0.717) is 43.4 Å². The fourth-order valence-electron chi connectivity index (χ4n) is 2.96. The lowest BCUT2D eigenvalue weighted by molar-refractivity contribution is -0.139. The SMILES string of the molecule is COc1cc(/C=C2\SC(=O)N(CC(=O)N3CCOCC3)C2=O)ccc1OC(C)C. The Morgan fingerprint density at radius 3 is 2.62 bits per heavy atom. The van der Waals surface area contributed by atoms with Gasteiger partial charge in [0.25, 0.3) is 11.1 Å². The second kappa shape index (κ2) is 9.32. The lowest BCUT2D eigenvalue weighted by Gasteiger charge is -2.28. The van der Waals surface area contributed by atoms with Crippen molar-refractivity contribution in [2.45, 2.75) is 20.0 Å². The van der Waals surface area contributed by atoms with Gasteiger partial charge in [0.15, 0.2) is 11.5 Å². The van der Waals surface area contributed by atoms with Crippen LogP contribution in [-0.4, -0.2) is 72.9 Å². The van der Waals surface area contributed by atoms with Crippen LogP contribution in [-0.2, 0) is 14.3 Å². The standard InChI is InChI=1S/C20H24N2O6S/c1-13(2)28-15-5-4-14(10-16(15)26-3)11-17-19(24)22(20(25)29-17)12-18(23)21-6-8-27-9-7-21/h4-5,10-11,13H,6-9,12H2,1-3H3/b17-11-. The second-order valence-electron chi connectivity index (χ2n) is 6.84. The van der Waals surface area contributed by atoms with Crippen LogP contribution >= 0.6 is 11.8 Å². The summed E-state index contributed by atoms with van der Waals surface area (Å²) < 4.78 is 16.3. The van der Waals surface area contributed by atoms with Gasteiger partial charge < -0.3 is 19.1 Å². The highest BCUT2D eigenvalue weighted by molar-refractivity contribution is 8.18. The molecule has 2 aliphatic heterocycles. The van der Waals surface area contributed by atoms with Crippen LogP contribution < -0.4 is 9.47 Å². The monoisotopic (exact) mass is 420 g/mol. The smallest absolute Gasteiger partial charge is 0.294 e. The van der Waals surface area contributed by atoms with Crippen molar-refractivity contribution in [1.29, 1.82) is 0 Å².